The van der Waals surface area contributed by atoms with Gasteiger partial charge >= 0.3 is 0 Å². The van der Waals surface area contributed by atoms with Gasteiger partial charge in [-0.15, -0.1) is 0 Å². The zero-order chi connectivity index (χ0) is 19.5. The molecule has 0 saturated heterocycles. The van der Waals surface area contributed by atoms with Gasteiger partial charge < -0.3 is 10.4 Å². The van der Waals surface area contributed by atoms with Gasteiger partial charge in [0.05, 0.1) is 5.52 Å². The lowest BCUT2D eigenvalue weighted by Crippen LogP contribution is -2.28. The first-order valence-corrected chi connectivity index (χ1v) is 10.2. The summed E-state index contributed by atoms with van der Waals surface area (Å²) < 4.78 is 0. The van der Waals surface area contributed by atoms with Gasteiger partial charge in [0.1, 0.15) is 5.82 Å². The molecular weight excluding hydrogens is 348 g/mol. The fourth-order valence-corrected chi connectivity index (χ4v) is 4.23. The Morgan fingerprint density at radius 1 is 1.04 bits per heavy atom. The Bertz CT molecular complexity index is 931. The molecule has 0 aliphatic heterocycles. The molecule has 3 heterocycles. The van der Waals surface area contributed by atoms with Gasteiger partial charge in [0.2, 0.25) is 5.88 Å². The number of aromatic nitrogens is 3. The summed E-state index contributed by atoms with van der Waals surface area (Å²) in [6.07, 6.45) is 11.1. The first-order chi connectivity index (χ1) is 13.6. The highest BCUT2D eigenvalue weighted by atomic mass is 16.3. The van der Waals surface area contributed by atoms with Crippen molar-refractivity contribution in [1.29, 1.82) is 0 Å². The maximum absolute atomic E-state index is 9.39. The molecule has 1 aliphatic rings. The first kappa shape index (κ1) is 18.7. The standard InChI is InChI=1S/C23H28N4O/c1-15(2)17-6-8-19(9-7-17)27-23-20-4-3-11-24-22(20)18(14-26-23)12-16-5-10-21(28)25-13-16/h3-5,10-11,13-15,17,19H,6-9,12H2,1-2H3,(H,25,28)(H,26,27). The summed E-state index contributed by atoms with van der Waals surface area (Å²) in [4.78, 5) is 13.4. The van der Waals surface area contributed by atoms with Crippen LogP contribution >= 0.6 is 0 Å². The van der Waals surface area contributed by atoms with Crippen molar-refractivity contribution in [2.45, 2.75) is 52.0 Å². The van der Waals surface area contributed by atoms with Gasteiger partial charge in [-0.2, -0.15) is 0 Å². The molecule has 1 aliphatic carbocycles. The van der Waals surface area contributed by atoms with E-state index < -0.39 is 0 Å². The highest BCUT2D eigenvalue weighted by Gasteiger charge is 2.24. The lowest BCUT2D eigenvalue weighted by atomic mass is 9.80. The second kappa shape index (κ2) is 8.13. The minimum atomic E-state index is 0.0385. The second-order valence-corrected chi connectivity index (χ2v) is 8.23. The van der Waals surface area contributed by atoms with Gasteiger partial charge in [-0.1, -0.05) is 19.9 Å². The van der Waals surface area contributed by atoms with Crippen molar-refractivity contribution in [3.63, 3.8) is 0 Å². The Hall–Kier alpha value is -2.69. The van der Waals surface area contributed by atoms with Gasteiger partial charge in [-0.3, -0.25) is 4.98 Å². The lowest BCUT2D eigenvalue weighted by molar-refractivity contribution is 0.267. The fraction of sp³-hybridized carbons (Fsp3) is 0.435. The molecule has 0 spiro atoms. The third-order valence-electron chi connectivity index (χ3n) is 5.98. The molecule has 2 N–H and O–H groups in total. The van der Waals surface area contributed by atoms with E-state index >= 15 is 0 Å². The largest absolute Gasteiger partial charge is 0.493 e. The van der Waals surface area contributed by atoms with Crippen molar-refractivity contribution in [3.05, 3.63) is 54.0 Å². The minimum Gasteiger partial charge on any atom is -0.493 e. The molecule has 0 amide bonds. The van der Waals surface area contributed by atoms with Crippen LogP contribution in [0, 0.1) is 11.8 Å². The third-order valence-corrected chi connectivity index (χ3v) is 5.98. The Labute approximate surface area is 166 Å². The summed E-state index contributed by atoms with van der Waals surface area (Å²) in [5.74, 6) is 2.60. The number of hydrogen-bond donors (Lipinski definition) is 2. The van der Waals surface area contributed by atoms with Gasteiger partial charge in [0, 0.05) is 48.1 Å². The fourth-order valence-electron chi connectivity index (χ4n) is 4.23. The van der Waals surface area contributed by atoms with E-state index in [9.17, 15) is 5.11 Å². The van der Waals surface area contributed by atoms with Crippen molar-refractivity contribution in [2.75, 3.05) is 5.32 Å². The number of fused-ring (bicyclic) bond motifs is 1. The second-order valence-electron chi connectivity index (χ2n) is 8.23. The molecule has 5 heteroatoms. The van der Waals surface area contributed by atoms with Crippen molar-refractivity contribution in [1.82, 2.24) is 15.0 Å². The molecule has 3 aromatic rings. The molecule has 0 aromatic carbocycles. The van der Waals surface area contributed by atoms with E-state index in [-0.39, 0.29) is 5.88 Å². The summed E-state index contributed by atoms with van der Waals surface area (Å²) in [6.45, 7) is 4.67. The van der Waals surface area contributed by atoms with Crippen LogP contribution < -0.4 is 5.32 Å². The van der Waals surface area contributed by atoms with E-state index in [0.29, 0.717) is 12.5 Å². The maximum Gasteiger partial charge on any atom is 0.210 e. The van der Waals surface area contributed by atoms with Crippen LogP contribution in [0.15, 0.2) is 42.9 Å². The molecule has 3 aromatic heterocycles. The average Bonchev–Trinajstić information content (AvgIpc) is 2.72. The predicted molar refractivity (Wildman–Crippen MR) is 112 cm³/mol. The van der Waals surface area contributed by atoms with Gasteiger partial charge in [0.25, 0.3) is 0 Å². The van der Waals surface area contributed by atoms with Crippen LogP contribution in [0.3, 0.4) is 0 Å². The monoisotopic (exact) mass is 376 g/mol. The zero-order valence-corrected chi connectivity index (χ0v) is 16.6. The maximum atomic E-state index is 9.39. The van der Waals surface area contributed by atoms with Gasteiger partial charge in [0.15, 0.2) is 0 Å². The van der Waals surface area contributed by atoms with Crippen molar-refractivity contribution >= 4 is 16.7 Å². The van der Waals surface area contributed by atoms with E-state index in [0.717, 1.165) is 39.7 Å². The van der Waals surface area contributed by atoms with E-state index in [4.69, 9.17) is 4.98 Å². The number of aromatic hydroxyl groups is 1. The zero-order valence-electron chi connectivity index (χ0n) is 16.6. The number of pyridine rings is 3. The number of rotatable bonds is 5. The van der Waals surface area contributed by atoms with Crippen LogP contribution in [0.4, 0.5) is 5.82 Å². The Morgan fingerprint density at radius 3 is 2.57 bits per heavy atom. The molecule has 1 fully saturated rings. The summed E-state index contributed by atoms with van der Waals surface area (Å²) >= 11 is 0. The van der Waals surface area contributed by atoms with Gasteiger partial charge in [-0.25, -0.2) is 9.97 Å². The van der Waals surface area contributed by atoms with Gasteiger partial charge in [-0.05, 0) is 55.2 Å². The quantitative estimate of drug-likeness (QED) is 0.659. The van der Waals surface area contributed by atoms with Crippen molar-refractivity contribution in [2.24, 2.45) is 11.8 Å². The lowest BCUT2D eigenvalue weighted by Gasteiger charge is -2.31. The Kier molecular flexibility index (Phi) is 5.42. The van der Waals surface area contributed by atoms with Crippen LogP contribution in [-0.4, -0.2) is 26.1 Å². The smallest absolute Gasteiger partial charge is 0.210 e. The molecule has 146 valence electrons. The topological polar surface area (TPSA) is 70.9 Å². The van der Waals surface area contributed by atoms with Crippen molar-refractivity contribution < 1.29 is 5.11 Å². The van der Waals surface area contributed by atoms with E-state index in [2.05, 4.69) is 35.2 Å². The molecule has 28 heavy (non-hydrogen) atoms. The van der Waals surface area contributed by atoms with Crippen LogP contribution in [0.5, 0.6) is 5.88 Å². The summed E-state index contributed by atoms with van der Waals surface area (Å²) in [5, 5.41) is 14.1. The molecule has 0 bridgehead atoms. The summed E-state index contributed by atoms with van der Waals surface area (Å²) in [6, 6.07) is 8.04. The van der Waals surface area contributed by atoms with E-state index in [1.807, 2.05) is 24.5 Å². The highest BCUT2D eigenvalue weighted by molar-refractivity contribution is 5.91. The van der Waals surface area contributed by atoms with E-state index in [1.165, 1.54) is 25.7 Å². The summed E-state index contributed by atoms with van der Waals surface area (Å²) in [5.41, 5.74) is 3.07. The number of anilines is 1. The van der Waals surface area contributed by atoms with Crippen LogP contribution in [0.25, 0.3) is 10.9 Å². The molecule has 0 atom stereocenters. The Morgan fingerprint density at radius 2 is 1.86 bits per heavy atom. The number of nitrogens with one attached hydrogen (secondary N) is 1. The van der Waals surface area contributed by atoms with Crippen molar-refractivity contribution in [3.8, 4) is 5.88 Å². The molecule has 0 radical (unpaired) electrons. The SMILES string of the molecule is CC(C)C1CCC(Nc2ncc(Cc3ccc(O)nc3)c3ncccc23)CC1. The van der Waals surface area contributed by atoms with Crippen LogP contribution in [0.1, 0.15) is 50.7 Å². The van der Waals surface area contributed by atoms with E-state index in [1.54, 1.807) is 12.3 Å². The van der Waals surface area contributed by atoms with Crippen LogP contribution in [-0.2, 0) is 6.42 Å². The molecular formula is C23H28N4O. The normalized spacial score (nSPS) is 19.8. The van der Waals surface area contributed by atoms with Crippen LogP contribution in [0.2, 0.25) is 0 Å². The minimum absolute atomic E-state index is 0.0385. The Balaban J connectivity index is 1.55. The molecule has 0 unspecified atom stereocenters. The number of hydrogen-bond acceptors (Lipinski definition) is 5. The predicted octanol–water partition coefficient (Wildman–Crippen LogP) is 4.95. The third kappa shape index (κ3) is 4.08. The number of nitrogens with zero attached hydrogens (tertiary/aromatic N) is 3. The molecule has 5 nitrogen and oxygen atoms in total. The first-order valence-electron chi connectivity index (χ1n) is 10.2. The highest BCUT2D eigenvalue weighted by Crippen LogP contribution is 2.32. The molecule has 1 saturated carbocycles. The molecule has 4 rings (SSSR count). The average molecular weight is 377 g/mol. The summed E-state index contributed by atoms with van der Waals surface area (Å²) in [7, 11) is 0.